The van der Waals surface area contributed by atoms with Crippen LogP contribution in [-0.4, -0.2) is 37.2 Å². The lowest BCUT2D eigenvalue weighted by molar-refractivity contribution is -0.145. The summed E-state index contributed by atoms with van der Waals surface area (Å²) in [5.41, 5.74) is 0.810. The van der Waals surface area contributed by atoms with E-state index in [0.717, 1.165) is 30.6 Å². The molecular weight excluding hydrogens is 346 g/mol. The highest BCUT2D eigenvalue weighted by Gasteiger charge is 2.30. The number of carboxylic acid groups (broad SMARTS) is 1. The Labute approximate surface area is 161 Å². The number of benzene rings is 1. The molecule has 0 spiro atoms. The van der Waals surface area contributed by atoms with E-state index < -0.39 is 5.97 Å². The van der Waals surface area contributed by atoms with E-state index >= 15 is 0 Å². The highest BCUT2D eigenvalue weighted by Crippen LogP contribution is 2.34. The Morgan fingerprint density at radius 1 is 1.22 bits per heavy atom. The van der Waals surface area contributed by atoms with Gasteiger partial charge in [-0.2, -0.15) is 0 Å². The van der Waals surface area contributed by atoms with E-state index in [-0.39, 0.29) is 29.8 Å². The van der Waals surface area contributed by atoms with E-state index in [0.29, 0.717) is 18.7 Å². The highest BCUT2D eigenvalue weighted by molar-refractivity contribution is 5.77. The van der Waals surface area contributed by atoms with Gasteiger partial charge in [-0.1, -0.05) is 33.6 Å². The van der Waals surface area contributed by atoms with Crippen molar-refractivity contribution in [3.05, 3.63) is 23.8 Å². The van der Waals surface area contributed by atoms with Gasteiger partial charge in [0.15, 0.2) is 6.61 Å². The molecule has 6 heteroatoms. The summed E-state index contributed by atoms with van der Waals surface area (Å²) in [6.07, 6.45) is 3.48. The molecular formula is C21H31NO5. The standard InChI is InChI=1S/C21H31NO5/c1-21(2,3)17-11-15(26-4)9-10-18(17)27-13-19(23)22-12-14-7-5-6-8-16(14)20(24)25/h9-11,14,16H,5-8,12-13H2,1-4H3,(H,22,23)(H,24,25)/t14-,16-/m0/s1. The third-order valence-electron chi connectivity index (χ3n) is 5.14. The Hall–Kier alpha value is -2.24. The smallest absolute Gasteiger partial charge is 0.306 e. The Morgan fingerprint density at radius 3 is 2.56 bits per heavy atom. The minimum absolute atomic E-state index is 0.00803. The monoisotopic (exact) mass is 377 g/mol. The van der Waals surface area contributed by atoms with Crippen LogP contribution in [0.4, 0.5) is 0 Å². The Kier molecular flexibility index (Phi) is 7.11. The molecule has 1 aliphatic carbocycles. The quantitative estimate of drug-likeness (QED) is 0.761. The van der Waals surface area contributed by atoms with Crippen molar-refractivity contribution in [2.24, 2.45) is 11.8 Å². The summed E-state index contributed by atoms with van der Waals surface area (Å²) in [5.74, 6) is 0.0206. The normalized spacial score (nSPS) is 20.0. The van der Waals surface area contributed by atoms with Gasteiger partial charge in [0, 0.05) is 12.1 Å². The molecule has 1 saturated carbocycles. The first-order valence-electron chi connectivity index (χ1n) is 9.53. The van der Waals surface area contributed by atoms with Gasteiger partial charge in [-0.05, 0) is 42.4 Å². The Balaban J connectivity index is 1.93. The zero-order chi connectivity index (χ0) is 20.0. The van der Waals surface area contributed by atoms with Crippen LogP contribution in [0.25, 0.3) is 0 Å². The summed E-state index contributed by atoms with van der Waals surface area (Å²) >= 11 is 0. The first-order valence-corrected chi connectivity index (χ1v) is 9.53. The summed E-state index contributed by atoms with van der Waals surface area (Å²) in [6.45, 7) is 6.51. The predicted octanol–water partition coefficient (Wildman–Crippen LogP) is 3.38. The lowest BCUT2D eigenvalue weighted by atomic mass is 9.79. The van der Waals surface area contributed by atoms with Crippen molar-refractivity contribution in [2.45, 2.75) is 51.9 Å². The molecule has 1 fully saturated rings. The van der Waals surface area contributed by atoms with Gasteiger partial charge in [-0.25, -0.2) is 0 Å². The van der Waals surface area contributed by atoms with E-state index in [9.17, 15) is 14.7 Å². The fraction of sp³-hybridized carbons (Fsp3) is 0.619. The van der Waals surface area contributed by atoms with Crippen LogP contribution >= 0.6 is 0 Å². The molecule has 0 bridgehead atoms. The molecule has 27 heavy (non-hydrogen) atoms. The molecule has 1 aromatic carbocycles. The summed E-state index contributed by atoms with van der Waals surface area (Å²) in [7, 11) is 1.62. The Morgan fingerprint density at radius 2 is 1.93 bits per heavy atom. The summed E-state index contributed by atoms with van der Waals surface area (Å²) < 4.78 is 11.0. The van der Waals surface area contributed by atoms with Gasteiger partial charge in [-0.3, -0.25) is 9.59 Å². The number of hydrogen-bond donors (Lipinski definition) is 2. The van der Waals surface area contributed by atoms with Gasteiger partial charge in [-0.15, -0.1) is 0 Å². The number of rotatable bonds is 7. The van der Waals surface area contributed by atoms with Crippen molar-refractivity contribution in [1.29, 1.82) is 0 Å². The second-order valence-corrected chi connectivity index (χ2v) is 8.19. The van der Waals surface area contributed by atoms with E-state index in [4.69, 9.17) is 9.47 Å². The first kappa shape index (κ1) is 21.1. The van der Waals surface area contributed by atoms with Gasteiger partial charge < -0.3 is 19.9 Å². The van der Waals surface area contributed by atoms with Gasteiger partial charge in [0.05, 0.1) is 13.0 Å². The van der Waals surface area contributed by atoms with E-state index in [2.05, 4.69) is 26.1 Å². The predicted molar refractivity (Wildman–Crippen MR) is 103 cm³/mol. The molecule has 0 saturated heterocycles. The molecule has 1 aromatic rings. The molecule has 2 rings (SSSR count). The van der Waals surface area contributed by atoms with Crippen LogP contribution in [0.5, 0.6) is 11.5 Å². The summed E-state index contributed by atoms with van der Waals surface area (Å²) in [4.78, 5) is 23.6. The average molecular weight is 377 g/mol. The van der Waals surface area contributed by atoms with Crippen LogP contribution in [0.15, 0.2) is 18.2 Å². The lowest BCUT2D eigenvalue weighted by Gasteiger charge is -2.28. The number of methoxy groups -OCH3 is 1. The molecule has 6 nitrogen and oxygen atoms in total. The number of carbonyl (C=O) groups is 2. The van der Waals surface area contributed by atoms with Crippen molar-refractivity contribution in [3.8, 4) is 11.5 Å². The number of amides is 1. The maximum atomic E-state index is 12.2. The second kappa shape index (κ2) is 9.11. The second-order valence-electron chi connectivity index (χ2n) is 8.19. The minimum Gasteiger partial charge on any atom is -0.497 e. The van der Waals surface area contributed by atoms with Gasteiger partial charge >= 0.3 is 5.97 Å². The van der Waals surface area contributed by atoms with Gasteiger partial charge in [0.2, 0.25) is 0 Å². The summed E-state index contributed by atoms with van der Waals surface area (Å²) in [5, 5.41) is 12.2. The molecule has 150 valence electrons. The van der Waals surface area contributed by atoms with E-state index in [1.807, 2.05) is 18.2 Å². The minimum atomic E-state index is -0.766. The molecule has 2 atom stereocenters. The van der Waals surface area contributed by atoms with Crippen molar-refractivity contribution < 1.29 is 24.2 Å². The van der Waals surface area contributed by atoms with Crippen molar-refractivity contribution in [1.82, 2.24) is 5.32 Å². The van der Waals surface area contributed by atoms with Crippen LogP contribution in [0, 0.1) is 11.8 Å². The number of hydrogen-bond acceptors (Lipinski definition) is 4. The molecule has 2 N–H and O–H groups in total. The van der Waals surface area contributed by atoms with Crippen LogP contribution in [0.3, 0.4) is 0 Å². The van der Waals surface area contributed by atoms with Crippen LogP contribution in [0.2, 0.25) is 0 Å². The lowest BCUT2D eigenvalue weighted by Crippen LogP contribution is -2.39. The van der Waals surface area contributed by atoms with E-state index in [1.54, 1.807) is 7.11 Å². The number of carbonyl (C=O) groups excluding carboxylic acids is 1. The molecule has 0 heterocycles. The third kappa shape index (κ3) is 5.88. The number of aliphatic carboxylic acids is 1. The fourth-order valence-corrected chi connectivity index (χ4v) is 3.56. The average Bonchev–Trinajstić information content (AvgIpc) is 2.63. The van der Waals surface area contributed by atoms with Crippen molar-refractivity contribution in [3.63, 3.8) is 0 Å². The number of carboxylic acids is 1. The maximum absolute atomic E-state index is 12.2. The van der Waals surface area contributed by atoms with Gasteiger partial charge in [0.1, 0.15) is 11.5 Å². The largest absolute Gasteiger partial charge is 0.497 e. The van der Waals surface area contributed by atoms with Crippen molar-refractivity contribution in [2.75, 3.05) is 20.3 Å². The number of ether oxygens (including phenoxy) is 2. The molecule has 1 aliphatic rings. The third-order valence-corrected chi connectivity index (χ3v) is 5.14. The summed E-state index contributed by atoms with van der Waals surface area (Å²) in [6, 6.07) is 5.54. The molecule has 0 unspecified atom stereocenters. The first-order chi connectivity index (χ1) is 12.7. The highest BCUT2D eigenvalue weighted by atomic mass is 16.5. The van der Waals surface area contributed by atoms with Crippen molar-refractivity contribution >= 4 is 11.9 Å². The van der Waals surface area contributed by atoms with E-state index in [1.165, 1.54) is 0 Å². The molecule has 0 aliphatic heterocycles. The van der Waals surface area contributed by atoms with Crippen LogP contribution < -0.4 is 14.8 Å². The number of nitrogens with one attached hydrogen (secondary N) is 1. The zero-order valence-electron chi connectivity index (χ0n) is 16.7. The van der Waals surface area contributed by atoms with Gasteiger partial charge in [0.25, 0.3) is 5.91 Å². The van der Waals surface area contributed by atoms with Crippen LogP contribution in [-0.2, 0) is 15.0 Å². The van der Waals surface area contributed by atoms with Crippen LogP contribution in [0.1, 0.15) is 52.0 Å². The SMILES string of the molecule is COc1ccc(OCC(=O)NC[C@@H]2CCCC[C@@H]2C(=O)O)c(C(C)(C)C)c1. The molecule has 0 radical (unpaired) electrons. The Bertz CT molecular complexity index is 665. The molecule has 0 aromatic heterocycles. The zero-order valence-corrected chi connectivity index (χ0v) is 16.7. The topological polar surface area (TPSA) is 84.9 Å². The molecule has 1 amide bonds. The maximum Gasteiger partial charge on any atom is 0.306 e. The fourth-order valence-electron chi connectivity index (χ4n) is 3.56.